The van der Waals surface area contributed by atoms with Crippen molar-refractivity contribution in [3.05, 3.63) is 0 Å². The number of rotatable bonds is 6. The van der Waals surface area contributed by atoms with Gasteiger partial charge in [0.1, 0.15) is 0 Å². The summed E-state index contributed by atoms with van der Waals surface area (Å²) < 4.78 is 0. The molecule has 0 rings (SSSR count). The van der Waals surface area contributed by atoms with E-state index in [-0.39, 0.29) is 25.4 Å². The van der Waals surface area contributed by atoms with Gasteiger partial charge in [0.15, 0.2) is 6.10 Å². The normalized spacial score (nSPS) is 13.3. The van der Waals surface area contributed by atoms with Crippen molar-refractivity contribution < 1.29 is 19.8 Å². The van der Waals surface area contributed by atoms with Crippen LogP contribution >= 0.6 is 0 Å². The van der Waals surface area contributed by atoms with E-state index in [0.29, 0.717) is 0 Å². The van der Waals surface area contributed by atoms with Crippen LogP contribution in [0.5, 0.6) is 0 Å². The molecule has 2 atom stereocenters. The molecule has 0 aliphatic rings. The molecule has 7 nitrogen and oxygen atoms in total. The van der Waals surface area contributed by atoms with Gasteiger partial charge in [-0.25, -0.2) is 9.59 Å². The van der Waals surface area contributed by atoms with Crippen molar-refractivity contribution in [3.8, 4) is 6.07 Å². The highest BCUT2D eigenvalue weighted by atomic mass is 16.4. The number of nitrogens with one attached hydrogen (secondary N) is 1. The van der Waals surface area contributed by atoms with Crippen LogP contribution in [-0.2, 0) is 4.79 Å². The lowest BCUT2D eigenvalue weighted by molar-refractivity contribution is -0.146. The minimum absolute atomic E-state index is 0.0540. The smallest absolute Gasteiger partial charge is 0.332 e. The van der Waals surface area contributed by atoms with Gasteiger partial charge >= 0.3 is 12.0 Å². The first kappa shape index (κ1) is 15.2. The maximum absolute atomic E-state index is 11.5. The Morgan fingerprint density at radius 1 is 1.53 bits per heavy atom. The lowest BCUT2D eigenvalue weighted by Crippen LogP contribution is -2.43. The number of carbonyl (C=O) groups excluding carboxylic acids is 1. The van der Waals surface area contributed by atoms with Crippen LogP contribution in [0.3, 0.4) is 0 Å². The van der Waals surface area contributed by atoms with Crippen molar-refractivity contribution >= 4 is 12.0 Å². The first-order chi connectivity index (χ1) is 7.90. The third-order valence-corrected chi connectivity index (χ3v) is 2.35. The van der Waals surface area contributed by atoms with E-state index in [9.17, 15) is 9.59 Å². The average Bonchev–Trinajstić information content (AvgIpc) is 2.27. The van der Waals surface area contributed by atoms with E-state index in [0.717, 1.165) is 0 Å². The molecule has 0 heterocycles. The zero-order valence-corrected chi connectivity index (χ0v) is 9.88. The number of nitriles is 1. The second-order valence-electron chi connectivity index (χ2n) is 3.70. The fourth-order valence-electron chi connectivity index (χ4n) is 1.03. The molecular formula is C10H17N3O4. The van der Waals surface area contributed by atoms with Gasteiger partial charge < -0.3 is 20.4 Å². The molecule has 0 aromatic rings. The van der Waals surface area contributed by atoms with Crippen LogP contribution in [0.25, 0.3) is 0 Å². The Morgan fingerprint density at radius 2 is 2.12 bits per heavy atom. The molecule has 2 amide bonds. The van der Waals surface area contributed by atoms with Gasteiger partial charge in [-0.1, -0.05) is 0 Å². The summed E-state index contributed by atoms with van der Waals surface area (Å²) in [5.41, 5.74) is 0. The van der Waals surface area contributed by atoms with Gasteiger partial charge in [0, 0.05) is 26.1 Å². The number of carboxylic acid groups (broad SMARTS) is 1. The molecule has 0 radical (unpaired) electrons. The summed E-state index contributed by atoms with van der Waals surface area (Å²) in [6, 6.07) is 1.34. The Kier molecular flexibility index (Phi) is 6.67. The van der Waals surface area contributed by atoms with Crippen LogP contribution in [0.15, 0.2) is 0 Å². The Balaban J connectivity index is 3.94. The number of carboxylic acids is 1. The zero-order valence-electron chi connectivity index (χ0n) is 9.88. The third kappa shape index (κ3) is 5.73. The summed E-state index contributed by atoms with van der Waals surface area (Å²) in [7, 11) is 1.55. The number of hydrogen-bond acceptors (Lipinski definition) is 4. The Hall–Kier alpha value is -1.81. The van der Waals surface area contributed by atoms with Crippen molar-refractivity contribution in [2.24, 2.45) is 0 Å². The minimum atomic E-state index is -1.47. The highest BCUT2D eigenvalue weighted by molar-refractivity contribution is 5.74. The maximum Gasteiger partial charge on any atom is 0.332 e. The molecule has 96 valence electrons. The lowest BCUT2D eigenvalue weighted by Gasteiger charge is -2.23. The molecule has 17 heavy (non-hydrogen) atoms. The van der Waals surface area contributed by atoms with E-state index in [4.69, 9.17) is 15.5 Å². The Labute approximate surface area is 99.6 Å². The molecule has 0 aliphatic heterocycles. The molecular weight excluding hydrogens is 226 g/mol. The minimum Gasteiger partial charge on any atom is -0.479 e. The van der Waals surface area contributed by atoms with Crippen molar-refractivity contribution in [1.29, 1.82) is 5.26 Å². The van der Waals surface area contributed by atoms with E-state index >= 15 is 0 Å². The predicted molar refractivity (Wildman–Crippen MR) is 59.1 cm³/mol. The van der Waals surface area contributed by atoms with Crippen molar-refractivity contribution in [1.82, 2.24) is 10.2 Å². The summed E-state index contributed by atoms with van der Waals surface area (Å²) in [6.45, 7) is 1.80. The topological polar surface area (TPSA) is 114 Å². The molecule has 0 saturated heterocycles. The molecule has 3 N–H and O–H groups in total. The van der Waals surface area contributed by atoms with E-state index < -0.39 is 18.1 Å². The number of carbonyl (C=O) groups is 2. The van der Waals surface area contributed by atoms with Crippen LogP contribution in [0.1, 0.15) is 19.8 Å². The summed E-state index contributed by atoms with van der Waals surface area (Å²) >= 11 is 0. The molecule has 0 fully saturated rings. The van der Waals surface area contributed by atoms with Crippen LogP contribution in [-0.4, -0.2) is 52.9 Å². The lowest BCUT2D eigenvalue weighted by atomic mass is 10.2. The fourth-order valence-corrected chi connectivity index (χ4v) is 1.03. The second kappa shape index (κ2) is 7.46. The summed E-state index contributed by atoms with van der Waals surface area (Å²) in [5, 5.41) is 28.3. The predicted octanol–water partition coefficient (Wildman–Crippen LogP) is -0.234. The standard InChI is InChI=1S/C10H17N3O4/c1-7(3-5-11)13(2)10(17)12-6-4-8(14)9(15)16/h7-8,14H,3-4,6H2,1-2H3,(H,12,17)(H,15,16)/t7?,8-/m0/s1. The largest absolute Gasteiger partial charge is 0.479 e. The SMILES string of the molecule is CC(CC#N)N(C)C(=O)NCC[C@H](O)C(=O)O. The number of aliphatic carboxylic acids is 1. The van der Waals surface area contributed by atoms with Gasteiger partial charge in [-0.3, -0.25) is 0 Å². The summed E-state index contributed by atoms with van der Waals surface area (Å²) in [4.78, 5) is 23.1. The number of hydrogen-bond donors (Lipinski definition) is 3. The first-order valence-electron chi connectivity index (χ1n) is 5.18. The molecule has 0 spiro atoms. The van der Waals surface area contributed by atoms with Crippen LogP contribution in [0.2, 0.25) is 0 Å². The molecule has 1 unspecified atom stereocenters. The Morgan fingerprint density at radius 3 is 2.59 bits per heavy atom. The second-order valence-corrected chi connectivity index (χ2v) is 3.70. The molecule has 0 aromatic carbocycles. The highest BCUT2D eigenvalue weighted by Crippen LogP contribution is 2.00. The van der Waals surface area contributed by atoms with E-state index in [1.54, 1.807) is 14.0 Å². The van der Waals surface area contributed by atoms with Gasteiger partial charge in [-0.2, -0.15) is 5.26 Å². The van der Waals surface area contributed by atoms with Crippen molar-refractivity contribution in [2.45, 2.75) is 31.9 Å². The van der Waals surface area contributed by atoms with Crippen LogP contribution in [0.4, 0.5) is 4.79 Å². The average molecular weight is 243 g/mol. The van der Waals surface area contributed by atoms with Crippen molar-refractivity contribution in [2.75, 3.05) is 13.6 Å². The van der Waals surface area contributed by atoms with Crippen molar-refractivity contribution in [3.63, 3.8) is 0 Å². The number of aliphatic hydroxyl groups excluding tert-OH is 1. The molecule has 0 bridgehead atoms. The molecule has 0 aromatic heterocycles. The number of nitrogens with zero attached hydrogens (tertiary/aromatic N) is 2. The quantitative estimate of drug-likeness (QED) is 0.596. The van der Waals surface area contributed by atoms with E-state index in [1.165, 1.54) is 4.90 Å². The highest BCUT2D eigenvalue weighted by Gasteiger charge is 2.16. The van der Waals surface area contributed by atoms with E-state index in [2.05, 4.69) is 5.32 Å². The van der Waals surface area contributed by atoms with E-state index in [1.807, 2.05) is 6.07 Å². The maximum atomic E-state index is 11.5. The zero-order chi connectivity index (χ0) is 13.4. The molecule has 7 heteroatoms. The molecule has 0 saturated carbocycles. The van der Waals surface area contributed by atoms with Gasteiger partial charge in [-0.05, 0) is 6.92 Å². The number of urea groups is 1. The van der Waals surface area contributed by atoms with Gasteiger partial charge in [0.05, 0.1) is 12.5 Å². The first-order valence-corrected chi connectivity index (χ1v) is 5.18. The number of aliphatic hydroxyl groups is 1. The molecule has 0 aliphatic carbocycles. The van der Waals surface area contributed by atoms with Crippen LogP contribution < -0.4 is 5.32 Å². The monoisotopic (exact) mass is 243 g/mol. The third-order valence-electron chi connectivity index (χ3n) is 2.35. The summed E-state index contributed by atoms with van der Waals surface area (Å²) in [5.74, 6) is -1.31. The Bertz CT molecular complexity index is 313. The summed E-state index contributed by atoms with van der Waals surface area (Å²) in [6.07, 6.45) is -1.31. The van der Waals surface area contributed by atoms with Crippen LogP contribution in [0, 0.1) is 11.3 Å². The number of amides is 2. The van der Waals surface area contributed by atoms with Gasteiger partial charge in [0.2, 0.25) is 0 Å². The fraction of sp³-hybridized carbons (Fsp3) is 0.700. The van der Waals surface area contributed by atoms with Gasteiger partial charge in [0.25, 0.3) is 0 Å². The van der Waals surface area contributed by atoms with Gasteiger partial charge in [-0.15, -0.1) is 0 Å².